The lowest BCUT2D eigenvalue weighted by atomic mass is 9.87. The van der Waals surface area contributed by atoms with E-state index in [4.69, 9.17) is 10.00 Å². The first-order valence-corrected chi connectivity index (χ1v) is 7.56. The first kappa shape index (κ1) is 17.4. The van der Waals surface area contributed by atoms with Crippen LogP contribution >= 0.6 is 0 Å². The van der Waals surface area contributed by atoms with Crippen LogP contribution in [0.5, 0.6) is 11.5 Å². The summed E-state index contributed by atoms with van der Waals surface area (Å²) < 4.78 is 5.38. The van der Waals surface area contributed by atoms with Crippen molar-refractivity contribution < 1.29 is 14.6 Å². The minimum atomic E-state index is -0.390. The molecule has 0 fully saturated rings. The summed E-state index contributed by atoms with van der Waals surface area (Å²) in [5.41, 5.74) is 1.71. The number of hydrogen-bond donors (Lipinski definition) is 2. The molecule has 24 heavy (non-hydrogen) atoms. The third-order valence-corrected chi connectivity index (χ3v) is 3.47. The van der Waals surface area contributed by atoms with Gasteiger partial charge in [-0.3, -0.25) is 4.79 Å². The summed E-state index contributed by atoms with van der Waals surface area (Å²) in [4.78, 5) is 12.0. The van der Waals surface area contributed by atoms with Gasteiger partial charge >= 0.3 is 0 Å². The first-order chi connectivity index (χ1) is 11.3. The van der Waals surface area contributed by atoms with Gasteiger partial charge in [0, 0.05) is 0 Å². The molecule has 5 nitrogen and oxygen atoms in total. The molecule has 0 bridgehead atoms. The van der Waals surface area contributed by atoms with Gasteiger partial charge in [-0.05, 0) is 41.3 Å². The highest BCUT2D eigenvalue weighted by molar-refractivity contribution is 5.93. The van der Waals surface area contributed by atoms with E-state index in [1.54, 1.807) is 36.4 Å². The highest BCUT2D eigenvalue weighted by atomic mass is 16.5. The number of ether oxygens (including phenoxy) is 1. The van der Waals surface area contributed by atoms with E-state index in [1.165, 1.54) is 0 Å². The van der Waals surface area contributed by atoms with E-state index in [2.05, 4.69) is 26.1 Å². The molecule has 0 saturated carbocycles. The molecule has 5 heteroatoms. The molecule has 0 unspecified atom stereocenters. The maximum absolute atomic E-state index is 12.0. The Morgan fingerprint density at radius 2 is 2.00 bits per heavy atom. The van der Waals surface area contributed by atoms with Crippen LogP contribution in [-0.4, -0.2) is 17.6 Å². The Hall–Kier alpha value is -3.00. The molecule has 2 aromatic carbocycles. The summed E-state index contributed by atoms with van der Waals surface area (Å²) in [7, 11) is 0. The third kappa shape index (κ3) is 4.50. The molecule has 2 aromatic rings. The quantitative estimate of drug-likeness (QED) is 0.842. The van der Waals surface area contributed by atoms with Gasteiger partial charge in [0.25, 0.3) is 5.91 Å². The Balaban J connectivity index is 2.03. The van der Waals surface area contributed by atoms with E-state index in [9.17, 15) is 9.90 Å². The molecular formula is C19H20N2O3. The van der Waals surface area contributed by atoms with Crippen LogP contribution in [0.15, 0.2) is 42.5 Å². The second-order valence-electron chi connectivity index (χ2n) is 6.46. The molecule has 2 rings (SSSR count). The van der Waals surface area contributed by atoms with Gasteiger partial charge in [-0.2, -0.15) is 5.26 Å². The van der Waals surface area contributed by atoms with E-state index >= 15 is 0 Å². The molecule has 124 valence electrons. The van der Waals surface area contributed by atoms with Crippen molar-refractivity contribution in [3.8, 4) is 17.6 Å². The number of rotatable bonds is 4. The Kier molecular flexibility index (Phi) is 5.10. The highest BCUT2D eigenvalue weighted by Crippen LogP contribution is 2.30. The Morgan fingerprint density at radius 1 is 1.25 bits per heavy atom. The SMILES string of the molecule is CC(C)(C)c1ccc(O)c(NC(=O)COc2cccc(C#N)c2)c1. The molecule has 0 atom stereocenters. The van der Waals surface area contributed by atoms with Gasteiger partial charge in [-0.15, -0.1) is 0 Å². The van der Waals surface area contributed by atoms with Gasteiger partial charge in [0.1, 0.15) is 11.5 Å². The van der Waals surface area contributed by atoms with Crippen LogP contribution in [0.3, 0.4) is 0 Å². The molecule has 0 saturated heterocycles. The molecule has 1 amide bonds. The van der Waals surface area contributed by atoms with Crippen LogP contribution in [0.1, 0.15) is 31.9 Å². The number of phenolic OH excluding ortho intramolecular Hbond substituents is 1. The summed E-state index contributed by atoms with van der Waals surface area (Å²) in [5.74, 6) is 0.0541. The van der Waals surface area contributed by atoms with Crippen molar-refractivity contribution in [2.24, 2.45) is 0 Å². The largest absolute Gasteiger partial charge is 0.506 e. The molecule has 0 aliphatic carbocycles. The van der Waals surface area contributed by atoms with E-state index in [1.807, 2.05) is 12.1 Å². The molecule has 0 aliphatic rings. The van der Waals surface area contributed by atoms with Crippen molar-refractivity contribution in [1.82, 2.24) is 0 Å². The summed E-state index contributed by atoms with van der Waals surface area (Å²) in [5, 5.41) is 21.4. The van der Waals surface area contributed by atoms with Crippen molar-refractivity contribution in [2.75, 3.05) is 11.9 Å². The Morgan fingerprint density at radius 3 is 2.67 bits per heavy atom. The van der Waals surface area contributed by atoms with Gasteiger partial charge in [0.05, 0.1) is 17.3 Å². The van der Waals surface area contributed by atoms with Crippen LogP contribution in [-0.2, 0) is 10.2 Å². The number of phenols is 1. The van der Waals surface area contributed by atoms with Crippen molar-refractivity contribution in [2.45, 2.75) is 26.2 Å². The Labute approximate surface area is 141 Å². The third-order valence-electron chi connectivity index (χ3n) is 3.47. The fourth-order valence-corrected chi connectivity index (χ4v) is 2.09. The number of amides is 1. The number of nitrogens with zero attached hydrogens (tertiary/aromatic N) is 1. The summed E-state index contributed by atoms with van der Waals surface area (Å²) in [6, 6.07) is 13.7. The molecular weight excluding hydrogens is 304 g/mol. The van der Waals surface area contributed by atoms with Crippen LogP contribution in [0.2, 0.25) is 0 Å². The number of nitrogens with one attached hydrogen (secondary N) is 1. The van der Waals surface area contributed by atoms with E-state index in [0.717, 1.165) is 5.56 Å². The number of carbonyl (C=O) groups excluding carboxylic acids is 1. The molecule has 0 aromatic heterocycles. The highest BCUT2D eigenvalue weighted by Gasteiger charge is 2.16. The van der Waals surface area contributed by atoms with Crippen molar-refractivity contribution in [1.29, 1.82) is 5.26 Å². The molecule has 0 heterocycles. The number of nitriles is 1. The van der Waals surface area contributed by atoms with Crippen LogP contribution in [0.4, 0.5) is 5.69 Å². The fraction of sp³-hybridized carbons (Fsp3) is 0.263. The second kappa shape index (κ2) is 7.05. The van der Waals surface area contributed by atoms with Gasteiger partial charge in [0.2, 0.25) is 0 Å². The van der Waals surface area contributed by atoms with E-state index in [-0.39, 0.29) is 17.8 Å². The number of carbonyl (C=O) groups is 1. The Bertz CT molecular complexity index is 786. The molecule has 0 spiro atoms. The van der Waals surface area contributed by atoms with Crippen molar-refractivity contribution in [3.63, 3.8) is 0 Å². The monoisotopic (exact) mass is 324 g/mol. The predicted molar refractivity (Wildman–Crippen MR) is 92.1 cm³/mol. The predicted octanol–water partition coefficient (Wildman–Crippen LogP) is 3.58. The minimum absolute atomic E-state index is 0.00262. The molecule has 2 N–H and O–H groups in total. The smallest absolute Gasteiger partial charge is 0.262 e. The maximum atomic E-state index is 12.0. The fourth-order valence-electron chi connectivity index (χ4n) is 2.09. The van der Waals surface area contributed by atoms with E-state index in [0.29, 0.717) is 17.0 Å². The zero-order valence-electron chi connectivity index (χ0n) is 14.0. The number of aromatic hydroxyl groups is 1. The number of benzene rings is 2. The lowest BCUT2D eigenvalue weighted by Crippen LogP contribution is -2.21. The molecule has 0 aliphatic heterocycles. The van der Waals surface area contributed by atoms with Crippen molar-refractivity contribution >= 4 is 11.6 Å². The summed E-state index contributed by atoms with van der Waals surface area (Å²) in [6.07, 6.45) is 0. The van der Waals surface area contributed by atoms with Crippen LogP contribution < -0.4 is 10.1 Å². The standard InChI is InChI=1S/C19H20N2O3/c1-19(2,3)14-7-8-17(22)16(10-14)21-18(23)12-24-15-6-4-5-13(9-15)11-20/h4-10,22H,12H2,1-3H3,(H,21,23). The lowest BCUT2D eigenvalue weighted by Gasteiger charge is -2.20. The van der Waals surface area contributed by atoms with Gasteiger partial charge in [0.15, 0.2) is 6.61 Å². The number of anilines is 1. The van der Waals surface area contributed by atoms with Crippen molar-refractivity contribution in [3.05, 3.63) is 53.6 Å². The zero-order valence-corrected chi connectivity index (χ0v) is 14.0. The number of hydrogen-bond acceptors (Lipinski definition) is 4. The van der Waals surface area contributed by atoms with Gasteiger partial charge < -0.3 is 15.2 Å². The minimum Gasteiger partial charge on any atom is -0.506 e. The van der Waals surface area contributed by atoms with Gasteiger partial charge in [-0.1, -0.05) is 32.9 Å². The second-order valence-corrected chi connectivity index (χ2v) is 6.46. The zero-order chi connectivity index (χ0) is 17.7. The molecule has 0 radical (unpaired) electrons. The van der Waals surface area contributed by atoms with E-state index < -0.39 is 5.91 Å². The first-order valence-electron chi connectivity index (χ1n) is 7.56. The normalized spacial score (nSPS) is 10.8. The summed E-state index contributed by atoms with van der Waals surface area (Å²) >= 11 is 0. The lowest BCUT2D eigenvalue weighted by molar-refractivity contribution is -0.118. The average molecular weight is 324 g/mol. The van der Waals surface area contributed by atoms with Crippen LogP contribution in [0, 0.1) is 11.3 Å². The average Bonchev–Trinajstić information content (AvgIpc) is 2.54. The maximum Gasteiger partial charge on any atom is 0.262 e. The van der Waals surface area contributed by atoms with Gasteiger partial charge in [-0.25, -0.2) is 0 Å². The van der Waals surface area contributed by atoms with Crippen LogP contribution in [0.25, 0.3) is 0 Å². The summed E-state index contributed by atoms with van der Waals surface area (Å²) in [6.45, 7) is 5.94. The topological polar surface area (TPSA) is 82.3 Å².